The third-order valence-electron chi connectivity index (χ3n) is 2.42. The van der Waals surface area contributed by atoms with E-state index >= 15 is 0 Å². The number of hydrogen-bond acceptors (Lipinski definition) is 4. The number of nitrogens with zero attached hydrogens (tertiary/aromatic N) is 2. The molecule has 1 atom stereocenters. The lowest BCUT2D eigenvalue weighted by Gasteiger charge is -2.13. The molecule has 16 heavy (non-hydrogen) atoms. The summed E-state index contributed by atoms with van der Waals surface area (Å²) < 4.78 is 0. The number of hydrogen-bond donors (Lipinski definition) is 2. The van der Waals surface area contributed by atoms with Gasteiger partial charge in [-0.3, -0.25) is 0 Å². The molecule has 2 N–H and O–H groups in total. The summed E-state index contributed by atoms with van der Waals surface area (Å²) in [6, 6.07) is 0.277. The molecule has 2 rings (SSSR count). The normalized spacial score (nSPS) is 12.9. The highest BCUT2D eigenvalue weighted by atomic mass is 32.1. The first kappa shape index (κ1) is 11.3. The Bertz CT molecular complexity index is 421. The third-order valence-corrected chi connectivity index (χ3v) is 3.39. The minimum Gasteiger partial charge on any atom is -0.347 e. The van der Waals surface area contributed by atoms with Crippen LogP contribution in [0.15, 0.2) is 17.8 Å². The Morgan fingerprint density at radius 1 is 1.56 bits per heavy atom. The zero-order chi connectivity index (χ0) is 11.4. The van der Waals surface area contributed by atoms with Crippen LogP contribution in [-0.4, -0.2) is 15.0 Å². The van der Waals surface area contributed by atoms with Crippen LogP contribution in [0.3, 0.4) is 0 Å². The summed E-state index contributed by atoms with van der Waals surface area (Å²) in [7, 11) is 0. The summed E-state index contributed by atoms with van der Waals surface area (Å²) in [6.45, 7) is 4.97. The van der Waals surface area contributed by atoms with E-state index in [1.807, 2.05) is 13.1 Å². The predicted molar refractivity (Wildman–Crippen MR) is 65.3 cm³/mol. The lowest BCUT2D eigenvalue weighted by atomic mass is 10.2. The Balaban J connectivity index is 1.93. The van der Waals surface area contributed by atoms with Crippen LogP contribution in [0.4, 0.5) is 0 Å². The van der Waals surface area contributed by atoms with Crippen molar-refractivity contribution >= 4 is 11.3 Å². The van der Waals surface area contributed by atoms with Crippen LogP contribution in [0.1, 0.15) is 35.9 Å². The molecule has 0 aromatic carbocycles. The third kappa shape index (κ3) is 2.68. The minimum atomic E-state index is 0.277. The van der Waals surface area contributed by atoms with Crippen LogP contribution >= 0.6 is 11.3 Å². The Kier molecular flexibility index (Phi) is 3.69. The van der Waals surface area contributed by atoms with E-state index in [0.717, 1.165) is 29.5 Å². The maximum atomic E-state index is 4.42. The van der Waals surface area contributed by atoms with Crippen molar-refractivity contribution in [2.24, 2.45) is 0 Å². The molecule has 0 radical (unpaired) electrons. The van der Waals surface area contributed by atoms with Crippen molar-refractivity contribution in [3.8, 4) is 0 Å². The minimum absolute atomic E-state index is 0.277. The highest BCUT2D eigenvalue weighted by Gasteiger charge is 2.11. The van der Waals surface area contributed by atoms with Gasteiger partial charge in [-0.1, -0.05) is 6.92 Å². The summed E-state index contributed by atoms with van der Waals surface area (Å²) >= 11 is 1.70. The van der Waals surface area contributed by atoms with Gasteiger partial charge in [-0.05, 0) is 13.3 Å². The molecule has 0 aliphatic carbocycles. The first-order valence-corrected chi connectivity index (χ1v) is 6.31. The second-order valence-electron chi connectivity index (χ2n) is 3.70. The second-order valence-corrected chi connectivity index (χ2v) is 4.64. The van der Waals surface area contributed by atoms with Gasteiger partial charge >= 0.3 is 0 Å². The number of nitrogens with one attached hydrogen (secondary N) is 2. The monoisotopic (exact) mass is 236 g/mol. The number of aromatic nitrogens is 3. The number of aromatic amines is 1. The van der Waals surface area contributed by atoms with Gasteiger partial charge in [-0.15, -0.1) is 11.3 Å². The molecule has 4 nitrogen and oxygen atoms in total. The number of rotatable bonds is 5. The average Bonchev–Trinajstić information content (AvgIpc) is 2.91. The maximum Gasteiger partial charge on any atom is 0.123 e. The number of aryl methyl sites for hydroxylation is 1. The zero-order valence-corrected chi connectivity index (χ0v) is 10.3. The molecule has 0 fully saturated rings. The second kappa shape index (κ2) is 5.23. The van der Waals surface area contributed by atoms with Gasteiger partial charge in [0.15, 0.2) is 0 Å². The molecular formula is C11H16N4S. The molecule has 1 unspecified atom stereocenters. The van der Waals surface area contributed by atoms with Crippen molar-refractivity contribution in [3.05, 3.63) is 34.3 Å². The van der Waals surface area contributed by atoms with E-state index in [2.05, 4.69) is 32.6 Å². The van der Waals surface area contributed by atoms with Gasteiger partial charge in [0, 0.05) is 30.0 Å². The Labute approximate surface area is 99.2 Å². The molecule has 0 amide bonds. The molecule has 0 bridgehead atoms. The van der Waals surface area contributed by atoms with E-state index in [0.29, 0.717) is 0 Å². The predicted octanol–water partition coefficient (Wildman–Crippen LogP) is 2.42. The maximum absolute atomic E-state index is 4.42. The van der Waals surface area contributed by atoms with Gasteiger partial charge in [0.05, 0.1) is 6.04 Å². The average molecular weight is 236 g/mol. The van der Waals surface area contributed by atoms with Crippen molar-refractivity contribution in [1.82, 2.24) is 20.3 Å². The van der Waals surface area contributed by atoms with E-state index in [1.165, 1.54) is 0 Å². The lowest BCUT2D eigenvalue weighted by Crippen LogP contribution is -2.21. The fourth-order valence-corrected chi connectivity index (χ4v) is 2.32. The first-order chi connectivity index (χ1) is 7.79. The SMILES string of the molecule is CCC(NCc1nc(C)cs1)c1ncc[nH]1. The fraction of sp³-hybridized carbons (Fsp3) is 0.455. The van der Waals surface area contributed by atoms with Gasteiger partial charge in [0.1, 0.15) is 10.8 Å². The van der Waals surface area contributed by atoms with Crippen LogP contribution in [0.25, 0.3) is 0 Å². The Hall–Kier alpha value is -1.20. The Morgan fingerprint density at radius 3 is 3.00 bits per heavy atom. The van der Waals surface area contributed by atoms with Crippen molar-refractivity contribution in [2.75, 3.05) is 0 Å². The highest BCUT2D eigenvalue weighted by molar-refractivity contribution is 7.09. The van der Waals surface area contributed by atoms with Gasteiger partial charge in [0.2, 0.25) is 0 Å². The van der Waals surface area contributed by atoms with Gasteiger partial charge in [-0.25, -0.2) is 9.97 Å². The molecular weight excluding hydrogens is 220 g/mol. The summed E-state index contributed by atoms with van der Waals surface area (Å²) in [5.41, 5.74) is 1.09. The largest absolute Gasteiger partial charge is 0.347 e. The van der Waals surface area contributed by atoms with E-state index in [-0.39, 0.29) is 6.04 Å². The smallest absolute Gasteiger partial charge is 0.123 e. The molecule has 0 aliphatic heterocycles. The number of H-pyrrole nitrogens is 1. The van der Waals surface area contributed by atoms with Gasteiger partial charge in [-0.2, -0.15) is 0 Å². The standard InChI is InChI=1S/C11H16N4S/c1-3-9(11-12-4-5-13-11)14-6-10-15-8(2)7-16-10/h4-5,7,9,14H,3,6H2,1-2H3,(H,12,13). The summed E-state index contributed by atoms with van der Waals surface area (Å²) in [4.78, 5) is 11.8. The quantitative estimate of drug-likeness (QED) is 0.838. The van der Waals surface area contributed by atoms with Crippen molar-refractivity contribution < 1.29 is 0 Å². The van der Waals surface area contributed by atoms with E-state index < -0.39 is 0 Å². The topological polar surface area (TPSA) is 53.6 Å². The van der Waals surface area contributed by atoms with Crippen LogP contribution < -0.4 is 5.32 Å². The van der Waals surface area contributed by atoms with E-state index in [9.17, 15) is 0 Å². The summed E-state index contributed by atoms with van der Waals surface area (Å²) in [5.74, 6) is 0.996. The van der Waals surface area contributed by atoms with Crippen LogP contribution in [-0.2, 0) is 6.54 Å². The molecule has 86 valence electrons. The molecule has 5 heteroatoms. The summed E-state index contributed by atoms with van der Waals surface area (Å²) in [5, 5.41) is 6.66. The van der Waals surface area contributed by atoms with Crippen molar-refractivity contribution in [1.29, 1.82) is 0 Å². The molecule has 0 aliphatic rings. The molecule has 2 heterocycles. The van der Waals surface area contributed by atoms with Crippen molar-refractivity contribution in [2.45, 2.75) is 32.9 Å². The van der Waals surface area contributed by atoms with E-state index in [1.54, 1.807) is 17.5 Å². The molecule has 0 saturated carbocycles. The van der Waals surface area contributed by atoms with Crippen LogP contribution in [0, 0.1) is 6.92 Å². The summed E-state index contributed by atoms with van der Waals surface area (Å²) in [6.07, 6.45) is 4.65. The van der Waals surface area contributed by atoms with Crippen molar-refractivity contribution in [3.63, 3.8) is 0 Å². The zero-order valence-electron chi connectivity index (χ0n) is 9.53. The molecule has 0 spiro atoms. The molecule has 2 aromatic heterocycles. The Morgan fingerprint density at radius 2 is 2.44 bits per heavy atom. The van der Waals surface area contributed by atoms with Crippen LogP contribution in [0.5, 0.6) is 0 Å². The fourth-order valence-electron chi connectivity index (χ4n) is 1.60. The lowest BCUT2D eigenvalue weighted by molar-refractivity contribution is 0.497. The van der Waals surface area contributed by atoms with Gasteiger partial charge < -0.3 is 10.3 Å². The van der Waals surface area contributed by atoms with Gasteiger partial charge in [0.25, 0.3) is 0 Å². The first-order valence-electron chi connectivity index (χ1n) is 5.43. The van der Waals surface area contributed by atoms with E-state index in [4.69, 9.17) is 0 Å². The number of imidazole rings is 1. The molecule has 2 aromatic rings. The van der Waals surface area contributed by atoms with Crippen LogP contribution in [0.2, 0.25) is 0 Å². The highest BCUT2D eigenvalue weighted by Crippen LogP contribution is 2.14. The number of thiazole rings is 1. The molecule has 0 saturated heterocycles.